The van der Waals surface area contributed by atoms with Gasteiger partial charge in [0.05, 0.1) is 13.2 Å². The van der Waals surface area contributed by atoms with Crippen LogP contribution in [-0.2, 0) is 11.2 Å². The van der Waals surface area contributed by atoms with Crippen LogP contribution < -0.4 is 4.74 Å². The number of hydrogen-bond donors (Lipinski definition) is 0. The third-order valence-corrected chi connectivity index (χ3v) is 4.71. The van der Waals surface area contributed by atoms with Gasteiger partial charge in [-0.25, -0.2) is 4.39 Å². The van der Waals surface area contributed by atoms with Gasteiger partial charge in [-0.1, -0.05) is 45.0 Å². The van der Waals surface area contributed by atoms with Crippen LogP contribution in [0.2, 0.25) is 0 Å². The van der Waals surface area contributed by atoms with Crippen molar-refractivity contribution in [1.29, 1.82) is 0 Å². The molecule has 0 bridgehead atoms. The topological polar surface area (TPSA) is 18.5 Å². The second kappa shape index (κ2) is 7.83. The van der Waals surface area contributed by atoms with Crippen molar-refractivity contribution >= 4 is 0 Å². The molecule has 0 aliphatic carbocycles. The first-order chi connectivity index (χ1) is 11.9. The van der Waals surface area contributed by atoms with E-state index in [1.165, 1.54) is 11.6 Å². The van der Waals surface area contributed by atoms with E-state index in [-0.39, 0.29) is 17.3 Å². The van der Waals surface area contributed by atoms with Gasteiger partial charge in [0.25, 0.3) is 0 Å². The van der Waals surface area contributed by atoms with E-state index in [0.717, 1.165) is 17.5 Å². The highest BCUT2D eigenvalue weighted by molar-refractivity contribution is 5.70. The second-order valence-corrected chi connectivity index (χ2v) is 6.76. The minimum Gasteiger partial charge on any atom is -0.497 e. The molecule has 0 heterocycles. The highest BCUT2D eigenvalue weighted by Gasteiger charge is 2.30. The Morgan fingerprint density at radius 1 is 1.12 bits per heavy atom. The molecule has 0 aliphatic heterocycles. The fourth-order valence-electron chi connectivity index (χ4n) is 3.07. The Labute approximate surface area is 150 Å². The summed E-state index contributed by atoms with van der Waals surface area (Å²) in [4.78, 5) is 0. The molecule has 2 aromatic carbocycles. The lowest BCUT2D eigenvalue weighted by atomic mass is 9.79. The predicted molar refractivity (Wildman–Crippen MR) is 101 cm³/mol. The van der Waals surface area contributed by atoms with Crippen molar-refractivity contribution in [3.8, 4) is 16.9 Å². The lowest BCUT2D eigenvalue weighted by Gasteiger charge is -2.32. The van der Waals surface area contributed by atoms with Gasteiger partial charge >= 0.3 is 0 Å². The maximum atomic E-state index is 14.6. The van der Waals surface area contributed by atoms with E-state index in [9.17, 15) is 4.39 Å². The van der Waals surface area contributed by atoms with E-state index in [4.69, 9.17) is 9.47 Å². The molecule has 1 atom stereocenters. The number of benzene rings is 2. The molecule has 3 heteroatoms. The van der Waals surface area contributed by atoms with Crippen molar-refractivity contribution in [3.05, 3.63) is 66.0 Å². The SMILES string of the molecule is C=CC(C)(C)[C@@H](OC)c1cc(CC)ccc1-c1cc(OC)ccc1F. The van der Waals surface area contributed by atoms with Crippen molar-refractivity contribution < 1.29 is 13.9 Å². The summed E-state index contributed by atoms with van der Waals surface area (Å²) < 4.78 is 25.7. The Morgan fingerprint density at radius 3 is 2.40 bits per heavy atom. The van der Waals surface area contributed by atoms with E-state index < -0.39 is 0 Å². The van der Waals surface area contributed by atoms with E-state index in [1.54, 1.807) is 26.4 Å². The van der Waals surface area contributed by atoms with Crippen LogP contribution in [-0.4, -0.2) is 14.2 Å². The summed E-state index contributed by atoms with van der Waals surface area (Å²) in [7, 11) is 3.26. The lowest BCUT2D eigenvalue weighted by Crippen LogP contribution is -2.22. The zero-order valence-corrected chi connectivity index (χ0v) is 15.7. The van der Waals surface area contributed by atoms with Crippen LogP contribution in [0, 0.1) is 11.2 Å². The molecule has 0 radical (unpaired) electrons. The summed E-state index contributed by atoms with van der Waals surface area (Å²) in [5.74, 6) is 0.344. The van der Waals surface area contributed by atoms with Crippen LogP contribution in [0.4, 0.5) is 4.39 Å². The van der Waals surface area contributed by atoms with Gasteiger partial charge in [0.1, 0.15) is 11.6 Å². The molecule has 0 unspecified atom stereocenters. The van der Waals surface area contributed by atoms with Gasteiger partial charge in [0.15, 0.2) is 0 Å². The zero-order valence-electron chi connectivity index (χ0n) is 15.7. The lowest BCUT2D eigenvalue weighted by molar-refractivity contribution is 0.0307. The number of hydrogen-bond acceptors (Lipinski definition) is 2. The quantitative estimate of drug-likeness (QED) is 0.578. The van der Waals surface area contributed by atoms with Crippen LogP contribution in [0.15, 0.2) is 49.1 Å². The number of ether oxygens (including phenoxy) is 2. The molecule has 0 saturated heterocycles. The molecule has 0 N–H and O–H groups in total. The molecule has 0 aliphatic rings. The first kappa shape index (κ1) is 19.2. The van der Waals surface area contributed by atoms with Crippen LogP contribution in [0.1, 0.15) is 38.0 Å². The molecule has 0 amide bonds. The molecule has 2 aromatic rings. The normalized spacial score (nSPS) is 12.7. The Kier molecular flexibility index (Phi) is 6.02. The summed E-state index contributed by atoms with van der Waals surface area (Å²) in [6.07, 6.45) is 2.54. The molecule has 0 aromatic heterocycles. The third kappa shape index (κ3) is 3.93. The fraction of sp³-hybridized carbons (Fsp3) is 0.364. The number of rotatable bonds is 7. The van der Waals surface area contributed by atoms with E-state index >= 15 is 0 Å². The summed E-state index contributed by atoms with van der Waals surface area (Å²) >= 11 is 0. The Balaban J connectivity index is 2.73. The smallest absolute Gasteiger partial charge is 0.131 e. The molecule has 134 valence electrons. The molecule has 2 rings (SSSR count). The number of aryl methyl sites for hydroxylation is 1. The van der Waals surface area contributed by atoms with Gasteiger partial charge in [-0.3, -0.25) is 0 Å². The van der Waals surface area contributed by atoms with E-state index in [0.29, 0.717) is 11.3 Å². The molecule has 25 heavy (non-hydrogen) atoms. The molecular formula is C22H27FO2. The molecule has 0 saturated carbocycles. The first-order valence-electron chi connectivity index (χ1n) is 8.51. The van der Waals surface area contributed by atoms with Crippen LogP contribution >= 0.6 is 0 Å². The van der Waals surface area contributed by atoms with Gasteiger partial charge in [-0.15, -0.1) is 6.58 Å². The highest BCUT2D eigenvalue weighted by Crippen LogP contribution is 2.42. The van der Waals surface area contributed by atoms with Gasteiger partial charge in [-0.05, 0) is 41.3 Å². The summed E-state index contributed by atoms with van der Waals surface area (Å²) in [6.45, 7) is 10.2. The number of halogens is 1. The summed E-state index contributed by atoms with van der Waals surface area (Å²) in [5, 5.41) is 0. The standard InChI is InChI=1S/C22H27FO2/c1-7-15-9-11-17(18-14-16(24-5)10-12-20(18)23)19(13-15)21(25-6)22(3,4)8-2/h8-14,21H,2,7H2,1,3-6H3/t21-/m0/s1. The van der Waals surface area contributed by atoms with Crippen LogP contribution in [0.25, 0.3) is 11.1 Å². The van der Waals surface area contributed by atoms with Gasteiger partial charge in [-0.2, -0.15) is 0 Å². The van der Waals surface area contributed by atoms with Crippen LogP contribution in [0.3, 0.4) is 0 Å². The molecular weight excluding hydrogens is 315 g/mol. The van der Waals surface area contributed by atoms with Crippen molar-refractivity contribution in [1.82, 2.24) is 0 Å². The summed E-state index contributed by atoms with van der Waals surface area (Å²) in [5.41, 5.74) is 3.17. The average molecular weight is 342 g/mol. The fourth-order valence-corrected chi connectivity index (χ4v) is 3.07. The second-order valence-electron chi connectivity index (χ2n) is 6.76. The molecule has 0 fully saturated rings. The minimum absolute atomic E-state index is 0.239. The largest absolute Gasteiger partial charge is 0.497 e. The minimum atomic E-state index is -0.300. The first-order valence-corrected chi connectivity index (χ1v) is 8.51. The Bertz CT molecular complexity index is 750. The molecule has 0 spiro atoms. The van der Waals surface area contributed by atoms with E-state index in [2.05, 4.69) is 33.4 Å². The van der Waals surface area contributed by atoms with Gasteiger partial charge in [0, 0.05) is 18.1 Å². The summed E-state index contributed by atoms with van der Waals surface area (Å²) in [6, 6.07) is 10.9. The van der Waals surface area contributed by atoms with Crippen molar-refractivity contribution in [2.75, 3.05) is 14.2 Å². The molecule has 2 nitrogen and oxygen atoms in total. The maximum Gasteiger partial charge on any atom is 0.131 e. The van der Waals surface area contributed by atoms with Crippen molar-refractivity contribution in [2.45, 2.75) is 33.3 Å². The maximum absolute atomic E-state index is 14.6. The number of methoxy groups -OCH3 is 2. The highest BCUT2D eigenvalue weighted by atomic mass is 19.1. The monoisotopic (exact) mass is 342 g/mol. The van der Waals surface area contributed by atoms with Gasteiger partial charge in [0.2, 0.25) is 0 Å². The zero-order chi connectivity index (χ0) is 18.6. The average Bonchev–Trinajstić information content (AvgIpc) is 2.62. The van der Waals surface area contributed by atoms with Crippen molar-refractivity contribution in [2.24, 2.45) is 5.41 Å². The van der Waals surface area contributed by atoms with Gasteiger partial charge < -0.3 is 9.47 Å². The Hall–Kier alpha value is -2.13. The van der Waals surface area contributed by atoms with E-state index in [1.807, 2.05) is 18.2 Å². The Morgan fingerprint density at radius 2 is 1.84 bits per heavy atom. The van der Waals surface area contributed by atoms with Crippen LogP contribution in [0.5, 0.6) is 5.75 Å². The third-order valence-electron chi connectivity index (χ3n) is 4.71. The predicted octanol–water partition coefficient (Wildman–Crippen LogP) is 5.96. The van der Waals surface area contributed by atoms with Crippen molar-refractivity contribution in [3.63, 3.8) is 0 Å².